The Bertz CT molecular complexity index is 407. The molecule has 0 saturated heterocycles. The normalized spacial score (nSPS) is 11.9. The molecule has 94 valence electrons. The molecule has 5 heteroatoms. The van der Waals surface area contributed by atoms with Gasteiger partial charge in [0.05, 0.1) is 5.56 Å². The van der Waals surface area contributed by atoms with Gasteiger partial charge in [0.2, 0.25) is 0 Å². The van der Waals surface area contributed by atoms with Crippen LogP contribution in [-0.4, -0.2) is 35.2 Å². The summed E-state index contributed by atoms with van der Waals surface area (Å²) in [5.41, 5.74) is 1.40. The lowest BCUT2D eigenvalue weighted by Gasteiger charge is -2.09. The number of nitrogens with one attached hydrogen (secondary N) is 2. The maximum absolute atomic E-state index is 11.8. The predicted molar refractivity (Wildman–Crippen MR) is 71.9 cm³/mol. The molecule has 0 spiro atoms. The molecule has 0 radical (unpaired) electrons. The zero-order chi connectivity index (χ0) is 12.7. The minimum absolute atomic E-state index is 0.136. The van der Waals surface area contributed by atoms with E-state index in [1.54, 1.807) is 13.1 Å². The smallest absolute Gasteiger partial charge is 0.253 e. The van der Waals surface area contributed by atoms with Crippen LogP contribution in [0.1, 0.15) is 17.3 Å². The van der Waals surface area contributed by atoms with Crippen LogP contribution in [0.3, 0.4) is 0 Å². The number of anilines is 1. The number of amides is 1. The Balaban J connectivity index is 2.55. The van der Waals surface area contributed by atoms with Crippen molar-refractivity contribution in [2.75, 3.05) is 30.4 Å². The van der Waals surface area contributed by atoms with E-state index in [1.807, 2.05) is 25.1 Å². The van der Waals surface area contributed by atoms with Gasteiger partial charge >= 0.3 is 0 Å². The fraction of sp³-hybridized carbons (Fsp3) is 0.417. The minimum Gasteiger partial charge on any atom is -0.387 e. The second-order valence-electron chi connectivity index (χ2n) is 3.48. The Morgan fingerprint density at radius 3 is 2.71 bits per heavy atom. The van der Waals surface area contributed by atoms with Gasteiger partial charge in [-0.05, 0) is 12.1 Å². The van der Waals surface area contributed by atoms with E-state index in [2.05, 4.69) is 10.6 Å². The van der Waals surface area contributed by atoms with Crippen LogP contribution in [0.25, 0.3) is 0 Å². The summed E-state index contributed by atoms with van der Waals surface area (Å²) < 4.78 is 11.2. The monoisotopic (exact) mass is 254 g/mol. The largest absolute Gasteiger partial charge is 0.387 e. The molecule has 2 N–H and O–H groups in total. The van der Waals surface area contributed by atoms with Gasteiger partial charge in [-0.1, -0.05) is 19.1 Å². The molecule has 0 aliphatic heterocycles. The zero-order valence-electron chi connectivity index (χ0n) is 10.2. The predicted octanol–water partition coefficient (Wildman–Crippen LogP) is 1.23. The highest BCUT2D eigenvalue weighted by atomic mass is 32.2. The van der Waals surface area contributed by atoms with Gasteiger partial charge in [0, 0.05) is 41.6 Å². The molecule has 1 rings (SSSR count). The number of hydrogen-bond donors (Lipinski definition) is 2. The molecule has 1 aromatic carbocycles. The van der Waals surface area contributed by atoms with Crippen LogP contribution in [0.2, 0.25) is 0 Å². The number of benzene rings is 1. The number of rotatable bonds is 6. The van der Waals surface area contributed by atoms with Crippen molar-refractivity contribution in [2.24, 2.45) is 0 Å². The van der Waals surface area contributed by atoms with Gasteiger partial charge in [-0.15, -0.1) is 0 Å². The number of hydrogen-bond acceptors (Lipinski definition) is 3. The van der Waals surface area contributed by atoms with Gasteiger partial charge in [0.25, 0.3) is 5.91 Å². The van der Waals surface area contributed by atoms with E-state index in [-0.39, 0.29) is 5.91 Å². The molecule has 1 amide bonds. The maximum atomic E-state index is 11.8. The standard InChI is InChI=1S/C12H18N2O2S/c1-3-17(16)9-8-14-12(15)10-6-4-5-7-11(10)13-2/h4-7,13H,3,8-9H2,1-2H3,(H,14,15). The molecule has 1 unspecified atom stereocenters. The molecule has 0 bridgehead atoms. The van der Waals surface area contributed by atoms with Crippen molar-refractivity contribution in [2.45, 2.75) is 6.92 Å². The van der Waals surface area contributed by atoms with Gasteiger partial charge in [0.15, 0.2) is 0 Å². The highest BCUT2D eigenvalue weighted by Gasteiger charge is 2.09. The Labute approximate surface area is 104 Å². The van der Waals surface area contributed by atoms with Crippen molar-refractivity contribution >= 4 is 22.4 Å². The Kier molecular flexibility index (Phi) is 5.69. The molecule has 1 aromatic rings. The van der Waals surface area contributed by atoms with E-state index < -0.39 is 10.8 Å². The Hall–Kier alpha value is -1.36. The molecule has 0 aliphatic carbocycles. The van der Waals surface area contributed by atoms with Gasteiger partial charge < -0.3 is 10.6 Å². The summed E-state index contributed by atoms with van der Waals surface area (Å²) in [6.45, 7) is 2.31. The molecule has 0 saturated carbocycles. The topological polar surface area (TPSA) is 58.2 Å². The van der Waals surface area contributed by atoms with E-state index in [0.29, 0.717) is 23.6 Å². The average molecular weight is 254 g/mol. The number of carbonyl (C=O) groups excluding carboxylic acids is 1. The van der Waals surface area contributed by atoms with Gasteiger partial charge in [0.1, 0.15) is 0 Å². The quantitative estimate of drug-likeness (QED) is 0.802. The molecular weight excluding hydrogens is 236 g/mol. The van der Waals surface area contributed by atoms with Crippen LogP contribution in [0.15, 0.2) is 24.3 Å². The van der Waals surface area contributed by atoms with Crippen molar-refractivity contribution in [3.8, 4) is 0 Å². The van der Waals surface area contributed by atoms with Crippen molar-refractivity contribution in [3.63, 3.8) is 0 Å². The second kappa shape index (κ2) is 7.06. The summed E-state index contributed by atoms with van der Waals surface area (Å²) in [4.78, 5) is 11.8. The van der Waals surface area contributed by atoms with Crippen molar-refractivity contribution in [1.29, 1.82) is 0 Å². The van der Waals surface area contributed by atoms with E-state index in [4.69, 9.17) is 0 Å². The van der Waals surface area contributed by atoms with E-state index >= 15 is 0 Å². The van der Waals surface area contributed by atoms with Crippen LogP contribution < -0.4 is 10.6 Å². The van der Waals surface area contributed by atoms with Gasteiger partial charge in [-0.25, -0.2) is 0 Å². The summed E-state index contributed by atoms with van der Waals surface area (Å²) in [5, 5.41) is 5.73. The molecule has 0 aliphatic rings. The lowest BCUT2D eigenvalue weighted by Crippen LogP contribution is -2.28. The Morgan fingerprint density at radius 1 is 1.35 bits per heavy atom. The highest BCUT2D eigenvalue weighted by molar-refractivity contribution is 7.84. The number of carbonyl (C=O) groups is 1. The van der Waals surface area contributed by atoms with E-state index in [9.17, 15) is 9.00 Å². The molecule has 0 aromatic heterocycles. The summed E-state index contributed by atoms with van der Waals surface area (Å²) >= 11 is 0. The SMILES string of the molecule is CCS(=O)CCNC(=O)c1ccccc1NC. The van der Waals surface area contributed by atoms with Crippen LogP contribution in [0.4, 0.5) is 5.69 Å². The third-order valence-electron chi connectivity index (χ3n) is 2.38. The second-order valence-corrected chi connectivity index (χ2v) is 5.35. The third kappa shape index (κ3) is 4.19. The van der Waals surface area contributed by atoms with Gasteiger partial charge in [-0.2, -0.15) is 0 Å². The fourth-order valence-electron chi connectivity index (χ4n) is 1.42. The average Bonchev–Trinajstić information content (AvgIpc) is 2.38. The van der Waals surface area contributed by atoms with E-state index in [1.165, 1.54) is 0 Å². The third-order valence-corrected chi connectivity index (χ3v) is 3.68. The van der Waals surface area contributed by atoms with E-state index in [0.717, 1.165) is 5.69 Å². The maximum Gasteiger partial charge on any atom is 0.253 e. The first-order valence-electron chi connectivity index (χ1n) is 5.59. The first-order valence-corrected chi connectivity index (χ1v) is 7.07. The molecule has 17 heavy (non-hydrogen) atoms. The minimum atomic E-state index is -0.837. The molecule has 0 fully saturated rings. The zero-order valence-corrected chi connectivity index (χ0v) is 11.0. The van der Waals surface area contributed by atoms with Crippen molar-refractivity contribution in [1.82, 2.24) is 5.32 Å². The first-order chi connectivity index (χ1) is 8.19. The summed E-state index contributed by atoms with van der Waals surface area (Å²) in [6, 6.07) is 7.30. The highest BCUT2D eigenvalue weighted by Crippen LogP contribution is 2.13. The lowest BCUT2D eigenvalue weighted by atomic mass is 10.1. The molecule has 4 nitrogen and oxygen atoms in total. The summed E-state index contributed by atoms with van der Waals surface area (Å²) in [7, 11) is 0.939. The molecule has 0 heterocycles. The van der Waals surface area contributed by atoms with Gasteiger partial charge in [-0.3, -0.25) is 9.00 Å². The number of para-hydroxylation sites is 1. The fourth-order valence-corrected chi connectivity index (χ4v) is 2.04. The van der Waals surface area contributed by atoms with Crippen LogP contribution >= 0.6 is 0 Å². The first kappa shape index (κ1) is 13.7. The van der Waals surface area contributed by atoms with Crippen molar-refractivity contribution < 1.29 is 9.00 Å². The Morgan fingerprint density at radius 2 is 2.06 bits per heavy atom. The van der Waals surface area contributed by atoms with Crippen LogP contribution in [-0.2, 0) is 10.8 Å². The van der Waals surface area contributed by atoms with Crippen LogP contribution in [0.5, 0.6) is 0 Å². The summed E-state index contributed by atoms with van der Waals surface area (Å²) in [6.07, 6.45) is 0. The molecule has 1 atom stereocenters. The van der Waals surface area contributed by atoms with Crippen molar-refractivity contribution in [3.05, 3.63) is 29.8 Å². The summed E-state index contributed by atoms with van der Waals surface area (Å²) in [5.74, 6) is 0.996. The lowest BCUT2D eigenvalue weighted by molar-refractivity contribution is 0.0957. The van der Waals surface area contributed by atoms with Crippen LogP contribution in [0, 0.1) is 0 Å². The molecular formula is C12H18N2O2S.